The fourth-order valence-corrected chi connectivity index (χ4v) is 1.57. The number of carbonyl (C=O) groups excluding carboxylic acids is 3. The molecule has 102 valence electrons. The van der Waals surface area contributed by atoms with Crippen molar-refractivity contribution in [1.29, 1.82) is 0 Å². The van der Waals surface area contributed by atoms with E-state index in [2.05, 4.69) is 0 Å². The lowest BCUT2D eigenvalue weighted by Gasteiger charge is -2.35. The van der Waals surface area contributed by atoms with Crippen molar-refractivity contribution in [2.24, 2.45) is 0 Å². The van der Waals surface area contributed by atoms with Gasteiger partial charge < -0.3 is 4.90 Å². The molecule has 1 saturated heterocycles. The predicted octanol–water partition coefficient (Wildman–Crippen LogP) is 0.150. The summed E-state index contributed by atoms with van der Waals surface area (Å²) < 4.78 is 49.9. The molecule has 1 N–H and O–H groups in total. The summed E-state index contributed by atoms with van der Waals surface area (Å²) in [6.45, 7) is 0.562. The Kier molecular flexibility index (Phi) is 3.92. The highest BCUT2D eigenvalue weighted by Crippen LogP contribution is 2.27. The molecule has 0 saturated carbocycles. The van der Waals surface area contributed by atoms with Crippen molar-refractivity contribution in [1.82, 2.24) is 10.2 Å². The van der Waals surface area contributed by atoms with Crippen molar-refractivity contribution >= 4 is 17.7 Å². The van der Waals surface area contributed by atoms with Gasteiger partial charge in [0.2, 0.25) is 11.8 Å². The van der Waals surface area contributed by atoms with E-state index in [1.807, 2.05) is 5.32 Å². The summed E-state index contributed by atoms with van der Waals surface area (Å²) >= 11 is 0. The van der Waals surface area contributed by atoms with Crippen molar-refractivity contribution in [2.45, 2.75) is 31.7 Å². The average molecular weight is 270 g/mol. The number of nitrogens with zero attached hydrogens (tertiary/aromatic N) is 1. The standard InChI is InChI=1S/C9H10F4N2O3/c1-2-4-6(17)14-5(16)3-15(4)8(18)9(12,13)7(10)11/h4,7H,2-3H2,1H3,(H,14,16,17). The molecule has 0 aromatic rings. The minimum atomic E-state index is -4.91. The maximum absolute atomic E-state index is 12.9. The molecule has 3 amide bonds. The zero-order valence-corrected chi connectivity index (χ0v) is 9.25. The van der Waals surface area contributed by atoms with Gasteiger partial charge in [0, 0.05) is 0 Å². The van der Waals surface area contributed by atoms with E-state index < -0.39 is 42.7 Å². The lowest BCUT2D eigenvalue weighted by Crippen LogP contribution is -2.63. The first-order valence-corrected chi connectivity index (χ1v) is 5.02. The maximum Gasteiger partial charge on any atom is 0.383 e. The number of halogens is 4. The van der Waals surface area contributed by atoms with Gasteiger partial charge in [-0.3, -0.25) is 19.7 Å². The van der Waals surface area contributed by atoms with Gasteiger partial charge in [0.25, 0.3) is 5.91 Å². The van der Waals surface area contributed by atoms with Crippen molar-refractivity contribution in [3.63, 3.8) is 0 Å². The molecule has 1 unspecified atom stereocenters. The van der Waals surface area contributed by atoms with Gasteiger partial charge in [-0.25, -0.2) is 8.78 Å². The van der Waals surface area contributed by atoms with Crippen molar-refractivity contribution in [3.05, 3.63) is 0 Å². The molecule has 1 aliphatic heterocycles. The molecule has 0 aromatic carbocycles. The highest BCUT2D eigenvalue weighted by atomic mass is 19.3. The van der Waals surface area contributed by atoms with Crippen LogP contribution in [0.3, 0.4) is 0 Å². The van der Waals surface area contributed by atoms with Gasteiger partial charge in [0.15, 0.2) is 0 Å². The van der Waals surface area contributed by atoms with Gasteiger partial charge in [-0.05, 0) is 6.42 Å². The highest BCUT2D eigenvalue weighted by Gasteiger charge is 2.54. The molecule has 0 aromatic heterocycles. The number of amides is 3. The SMILES string of the molecule is CCC1C(=O)NC(=O)CN1C(=O)C(F)(F)C(F)F. The van der Waals surface area contributed by atoms with Crippen LogP contribution in [-0.2, 0) is 14.4 Å². The molecule has 1 rings (SSSR count). The first kappa shape index (κ1) is 14.4. The van der Waals surface area contributed by atoms with E-state index in [1.165, 1.54) is 6.92 Å². The summed E-state index contributed by atoms with van der Waals surface area (Å²) in [7, 11) is 0. The minimum absolute atomic E-state index is 0.0653. The average Bonchev–Trinajstić information content (AvgIpc) is 2.26. The third-order valence-corrected chi connectivity index (χ3v) is 2.46. The lowest BCUT2D eigenvalue weighted by molar-refractivity contribution is -0.185. The van der Waals surface area contributed by atoms with Gasteiger partial charge in [0.05, 0.1) is 0 Å². The minimum Gasteiger partial charge on any atom is -0.316 e. The van der Waals surface area contributed by atoms with Crippen LogP contribution in [0.15, 0.2) is 0 Å². The molecule has 1 heterocycles. The number of carbonyl (C=O) groups is 3. The Morgan fingerprint density at radius 3 is 2.50 bits per heavy atom. The lowest BCUT2D eigenvalue weighted by atomic mass is 10.1. The van der Waals surface area contributed by atoms with E-state index in [4.69, 9.17) is 0 Å². The Hall–Kier alpha value is -1.67. The van der Waals surface area contributed by atoms with Gasteiger partial charge in [-0.2, -0.15) is 8.78 Å². The summed E-state index contributed by atoms with van der Waals surface area (Å²) in [6.07, 6.45) is -4.26. The van der Waals surface area contributed by atoms with Gasteiger partial charge in [-0.15, -0.1) is 0 Å². The quantitative estimate of drug-likeness (QED) is 0.586. The molecule has 0 bridgehead atoms. The van der Waals surface area contributed by atoms with Crippen LogP contribution in [0, 0.1) is 0 Å². The Labute approximate surface area is 99.1 Å². The fourth-order valence-electron chi connectivity index (χ4n) is 1.57. The molecule has 1 atom stereocenters. The monoisotopic (exact) mass is 270 g/mol. The molecule has 1 fully saturated rings. The number of hydrogen-bond acceptors (Lipinski definition) is 3. The first-order valence-electron chi connectivity index (χ1n) is 5.02. The van der Waals surface area contributed by atoms with Gasteiger partial charge in [-0.1, -0.05) is 6.92 Å². The zero-order valence-electron chi connectivity index (χ0n) is 9.25. The second-order valence-electron chi connectivity index (χ2n) is 3.69. The van der Waals surface area contributed by atoms with E-state index in [9.17, 15) is 31.9 Å². The summed E-state index contributed by atoms with van der Waals surface area (Å²) in [4.78, 5) is 33.8. The van der Waals surface area contributed by atoms with Gasteiger partial charge in [0.1, 0.15) is 12.6 Å². The van der Waals surface area contributed by atoms with Crippen LogP contribution < -0.4 is 5.32 Å². The number of rotatable bonds is 3. The molecular weight excluding hydrogens is 260 g/mol. The number of hydrogen-bond donors (Lipinski definition) is 1. The predicted molar refractivity (Wildman–Crippen MR) is 49.9 cm³/mol. The Bertz CT molecular complexity index is 386. The van der Waals surface area contributed by atoms with E-state index in [0.29, 0.717) is 0 Å². The van der Waals surface area contributed by atoms with Crippen LogP contribution in [0.4, 0.5) is 17.6 Å². The Morgan fingerprint density at radius 1 is 1.50 bits per heavy atom. The molecule has 5 nitrogen and oxygen atoms in total. The smallest absolute Gasteiger partial charge is 0.316 e. The number of alkyl halides is 4. The second kappa shape index (κ2) is 4.91. The number of nitrogens with one attached hydrogen (secondary N) is 1. The molecule has 9 heteroatoms. The van der Waals surface area contributed by atoms with E-state index in [1.54, 1.807) is 0 Å². The maximum atomic E-state index is 12.9. The topological polar surface area (TPSA) is 66.5 Å². The van der Waals surface area contributed by atoms with Crippen molar-refractivity contribution in [2.75, 3.05) is 6.54 Å². The Balaban J connectivity index is 3.01. The second-order valence-corrected chi connectivity index (χ2v) is 3.69. The van der Waals surface area contributed by atoms with Crippen LogP contribution in [0.2, 0.25) is 0 Å². The normalized spacial score (nSPS) is 21.2. The van der Waals surface area contributed by atoms with Crippen LogP contribution >= 0.6 is 0 Å². The summed E-state index contributed by atoms with van der Waals surface area (Å²) in [5, 5.41) is 1.84. The largest absolute Gasteiger partial charge is 0.383 e. The summed E-state index contributed by atoms with van der Waals surface area (Å²) in [5.41, 5.74) is 0. The molecular formula is C9H10F4N2O3. The third-order valence-electron chi connectivity index (χ3n) is 2.46. The van der Waals surface area contributed by atoms with Crippen LogP contribution in [0.25, 0.3) is 0 Å². The van der Waals surface area contributed by atoms with Gasteiger partial charge >= 0.3 is 12.3 Å². The summed E-state index contributed by atoms with van der Waals surface area (Å²) in [6, 6.07) is -1.35. The molecule has 0 aliphatic carbocycles. The van der Waals surface area contributed by atoms with Crippen LogP contribution in [0.5, 0.6) is 0 Å². The molecule has 18 heavy (non-hydrogen) atoms. The number of piperazine rings is 1. The van der Waals surface area contributed by atoms with E-state index in [0.717, 1.165) is 0 Å². The molecule has 0 spiro atoms. The number of imide groups is 1. The van der Waals surface area contributed by atoms with E-state index in [-0.39, 0.29) is 11.3 Å². The van der Waals surface area contributed by atoms with Crippen molar-refractivity contribution < 1.29 is 31.9 Å². The van der Waals surface area contributed by atoms with E-state index >= 15 is 0 Å². The molecule has 1 aliphatic rings. The summed E-state index contributed by atoms with van der Waals surface area (Å²) in [5.74, 6) is -9.06. The zero-order chi connectivity index (χ0) is 14.1. The van der Waals surface area contributed by atoms with Crippen LogP contribution in [-0.4, -0.2) is 47.6 Å². The van der Waals surface area contributed by atoms with Crippen molar-refractivity contribution in [3.8, 4) is 0 Å². The fraction of sp³-hybridized carbons (Fsp3) is 0.667. The molecule has 0 radical (unpaired) electrons. The highest BCUT2D eigenvalue weighted by molar-refractivity contribution is 6.05. The third kappa shape index (κ3) is 2.44. The Morgan fingerprint density at radius 2 is 2.06 bits per heavy atom. The van der Waals surface area contributed by atoms with Crippen LogP contribution in [0.1, 0.15) is 13.3 Å². The first-order chi connectivity index (χ1) is 8.21.